The van der Waals surface area contributed by atoms with Gasteiger partial charge >= 0.3 is 0 Å². The van der Waals surface area contributed by atoms with Crippen LogP contribution in [0.4, 0.5) is 0 Å². The van der Waals surface area contributed by atoms with E-state index in [1.54, 1.807) is 7.11 Å². The van der Waals surface area contributed by atoms with Crippen molar-refractivity contribution in [2.24, 2.45) is 0 Å². The zero-order valence-corrected chi connectivity index (χ0v) is 10.1. The molecule has 94 valence electrons. The molecule has 1 unspecified atom stereocenters. The second-order valence-corrected chi connectivity index (χ2v) is 4.31. The van der Waals surface area contributed by atoms with Crippen molar-refractivity contribution in [1.29, 1.82) is 0 Å². The van der Waals surface area contributed by atoms with Crippen LogP contribution in [-0.4, -0.2) is 49.5 Å². The first kappa shape index (κ1) is 12.4. The van der Waals surface area contributed by atoms with E-state index in [4.69, 9.17) is 9.47 Å². The Morgan fingerprint density at radius 2 is 2.18 bits per heavy atom. The summed E-state index contributed by atoms with van der Waals surface area (Å²) >= 11 is 0. The standard InChI is InChI=1S/C13H19NO3/c1-16-13-4-2-11(3-5-13)8-14-6-7-17-10-12(15)9-14/h2-5,12,15H,6-10H2,1H3. The lowest BCUT2D eigenvalue weighted by molar-refractivity contribution is 0.0562. The number of methoxy groups -OCH3 is 1. The van der Waals surface area contributed by atoms with Crippen LogP contribution < -0.4 is 4.74 Å². The SMILES string of the molecule is COc1ccc(CN2CCOCC(O)C2)cc1. The van der Waals surface area contributed by atoms with Crippen LogP contribution in [-0.2, 0) is 11.3 Å². The number of nitrogens with zero attached hydrogens (tertiary/aromatic N) is 1. The quantitative estimate of drug-likeness (QED) is 0.847. The number of aliphatic hydroxyl groups is 1. The lowest BCUT2D eigenvalue weighted by Crippen LogP contribution is -2.32. The van der Waals surface area contributed by atoms with E-state index in [-0.39, 0.29) is 6.10 Å². The van der Waals surface area contributed by atoms with Gasteiger partial charge in [0.1, 0.15) is 5.75 Å². The minimum Gasteiger partial charge on any atom is -0.497 e. The molecule has 1 aromatic carbocycles. The molecule has 4 heteroatoms. The summed E-state index contributed by atoms with van der Waals surface area (Å²) in [5.41, 5.74) is 1.22. The molecule has 0 aliphatic carbocycles. The van der Waals surface area contributed by atoms with E-state index in [9.17, 15) is 5.11 Å². The molecule has 0 radical (unpaired) electrons. The number of rotatable bonds is 3. The first-order valence-electron chi connectivity index (χ1n) is 5.89. The number of hydrogen-bond donors (Lipinski definition) is 1. The van der Waals surface area contributed by atoms with Gasteiger partial charge in [-0.25, -0.2) is 0 Å². The van der Waals surface area contributed by atoms with Gasteiger partial charge in [0, 0.05) is 19.6 Å². The molecule has 0 amide bonds. The maximum atomic E-state index is 9.63. The van der Waals surface area contributed by atoms with Crippen molar-refractivity contribution < 1.29 is 14.6 Å². The molecule has 2 rings (SSSR count). The maximum absolute atomic E-state index is 9.63. The van der Waals surface area contributed by atoms with Crippen molar-refractivity contribution in [3.05, 3.63) is 29.8 Å². The molecular weight excluding hydrogens is 218 g/mol. The van der Waals surface area contributed by atoms with Gasteiger partial charge < -0.3 is 14.6 Å². The zero-order valence-electron chi connectivity index (χ0n) is 10.1. The summed E-state index contributed by atoms with van der Waals surface area (Å²) in [5.74, 6) is 0.869. The van der Waals surface area contributed by atoms with Crippen LogP contribution in [0.3, 0.4) is 0 Å². The van der Waals surface area contributed by atoms with Gasteiger partial charge in [-0.05, 0) is 17.7 Å². The molecule has 4 nitrogen and oxygen atoms in total. The van der Waals surface area contributed by atoms with Crippen molar-refractivity contribution in [1.82, 2.24) is 4.90 Å². The first-order valence-corrected chi connectivity index (χ1v) is 5.89. The van der Waals surface area contributed by atoms with Gasteiger partial charge in [-0.15, -0.1) is 0 Å². The van der Waals surface area contributed by atoms with Crippen molar-refractivity contribution in [3.63, 3.8) is 0 Å². The van der Waals surface area contributed by atoms with Crippen LogP contribution >= 0.6 is 0 Å². The van der Waals surface area contributed by atoms with Crippen molar-refractivity contribution in [2.75, 3.05) is 33.4 Å². The molecule has 1 fully saturated rings. The van der Waals surface area contributed by atoms with Gasteiger partial charge in [0.25, 0.3) is 0 Å². The highest BCUT2D eigenvalue weighted by atomic mass is 16.5. The number of aliphatic hydroxyl groups excluding tert-OH is 1. The third-order valence-electron chi connectivity index (χ3n) is 2.90. The number of ether oxygens (including phenoxy) is 2. The van der Waals surface area contributed by atoms with Crippen LogP contribution in [0.25, 0.3) is 0 Å². The van der Waals surface area contributed by atoms with Crippen LogP contribution in [0.15, 0.2) is 24.3 Å². The molecule has 0 spiro atoms. The average Bonchev–Trinajstić information content (AvgIpc) is 2.55. The average molecular weight is 237 g/mol. The summed E-state index contributed by atoms with van der Waals surface area (Å²) in [6.45, 7) is 3.51. The normalized spacial score (nSPS) is 22.1. The van der Waals surface area contributed by atoms with E-state index in [0.717, 1.165) is 18.8 Å². The van der Waals surface area contributed by atoms with Crippen LogP contribution in [0, 0.1) is 0 Å². The highest BCUT2D eigenvalue weighted by Crippen LogP contribution is 2.13. The molecule has 0 aromatic heterocycles. The van der Waals surface area contributed by atoms with Crippen LogP contribution in [0.1, 0.15) is 5.56 Å². The Bertz CT molecular complexity index is 339. The summed E-state index contributed by atoms with van der Waals surface area (Å²) in [5, 5.41) is 9.63. The Kier molecular flexibility index (Phi) is 4.36. The minimum atomic E-state index is -0.379. The Hall–Kier alpha value is -1.10. The Balaban J connectivity index is 1.94. The summed E-state index contributed by atoms with van der Waals surface area (Å²) in [7, 11) is 1.66. The fourth-order valence-electron chi connectivity index (χ4n) is 1.99. The summed E-state index contributed by atoms with van der Waals surface area (Å²) in [4.78, 5) is 2.21. The monoisotopic (exact) mass is 237 g/mol. The van der Waals surface area contributed by atoms with Crippen LogP contribution in [0.2, 0.25) is 0 Å². The van der Waals surface area contributed by atoms with E-state index in [2.05, 4.69) is 17.0 Å². The molecular formula is C13H19NO3. The lowest BCUT2D eigenvalue weighted by atomic mass is 10.2. The zero-order chi connectivity index (χ0) is 12.1. The van der Waals surface area contributed by atoms with E-state index >= 15 is 0 Å². The molecule has 1 saturated heterocycles. The van der Waals surface area contributed by atoms with Gasteiger partial charge in [0.15, 0.2) is 0 Å². The van der Waals surface area contributed by atoms with Gasteiger partial charge in [0.2, 0.25) is 0 Å². The largest absolute Gasteiger partial charge is 0.497 e. The van der Waals surface area contributed by atoms with Gasteiger partial charge in [-0.2, -0.15) is 0 Å². The van der Waals surface area contributed by atoms with Gasteiger partial charge in [0.05, 0.1) is 26.4 Å². The van der Waals surface area contributed by atoms with Crippen molar-refractivity contribution in [2.45, 2.75) is 12.6 Å². The molecule has 1 heterocycles. The first-order chi connectivity index (χ1) is 8.28. The molecule has 1 aromatic rings. The second-order valence-electron chi connectivity index (χ2n) is 4.31. The van der Waals surface area contributed by atoms with E-state index in [0.29, 0.717) is 19.8 Å². The fraction of sp³-hybridized carbons (Fsp3) is 0.538. The number of β-amino-alcohol motifs (C(OH)–C–C–N with tert-alkyl or cyclic N) is 1. The van der Waals surface area contributed by atoms with Crippen LogP contribution in [0.5, 0.6) is 5.75 Å². The number of hydrogen-bond acceptors (Lipinski definition) is 4. The highest BCUT2D eigenvalue weighted by molar-refractivity contribution is 5.27. The van der Waals surface area contributed by atoms with E-state index in [1.807, 2.05) is 12.1 Å². The van der Waals surface area contributed by atoms with E-state index < -0.39 is 0 Å². The topological polar surface area (TPSA) is 41.9 Å². The predicted molar refractivity (Wildman–Crippen MR) is 65.1 cm³/mol. The Morgan fingerprint density at radius 1 is 1.41 bits per heavy atom. The molecule has 1 N–H and O–H groups in total. The molecule has 1 aliphatic rings. The molecule has 17 heavy (non-hydrogen) atoms. The molecule has 1 atom stereocenters. The Labute approximate surface area is 102 Å². The lowest BCUT2D eigenvalue weighted by Gasteiger charge is -2.20. The van der Waals surface area contributed by atoms with E-state index in [1.165, 1.54) is 5.56 Å². The smallest absolute Gasteiger partial charge is 0.118 e. The van der Waals surface area contributed by atoms with Crippen molar-refractivity contribution >= 4 is 0 Å². The molecule has 1 aliphatic heterocycles. The summed E-state index contributed by atoms with van der Waals surface area (Å²) < 4.78 is 10.4. The highest BCUT2D eigenvalue weighted by Gasteiger charge is 2.16. The minimum absolute atomic E-state index is 0.379. The summed E-state index contributed by atoms with van der Waals surface area (Å²) in [6.07, 6.45) is -0.379. The molecule has 0 saturated carbocycles. The summed E-state index contributed by atoms with van der Waals surface area (Å²) in [6, 6.07) is 8.02. The Morgan fingerprint density at radius 3 is 2.88 bits per heavy atom. The van der Waals surface area contributed by atoms with Gasteiger partial charge in [-0.1, -0.05) is 12.1 Å². The fourth-order valence-corrected chi connectivity index (χ4v) is 1.99. The predicted octanol–water partition coefficient (Wildman–Crippen LogP) is 0.888. The molecule has 0 bridgehead atoms. The number of benzene rings is 1. The van der Waals surface area contributed by atoms with Crippen molar-refractivity contribution in [3.8, 4) is 5.75 Å². The maximum Gasteiger partial charge on any atom is 0.118 e. The van der Waals surface area contributed by atoms with Gasteiger partial charge in [-0.3, -0.25) is 4.90 Å². The third kappa shape index (κ3) is 3.70. The third-order valence-corrected chi connectivity index (χ3v) is 2.90. The second kappa shape index (κ2) is 6.00.